The van der Waals surface area contributed by atoms with E-state index in [4.69, 9.17) is 18.9 Å². The Labute approximate surface area is 370 Å². The Hall–Kier alpha value is -7.60. The molecule has 0 radical (unpaired) electrons. The SMILES string of the molecule is CC(C)(C)OC(=O)N[C@H](Cc1c[nH]c2ccccc12)C(=O)Oc1ccc2ccccc2c1-c1c(OC(=O)[C@@H](Cc2c[nH]c3ccccc23)NC(=O)OC(C)(C)C)ccc2ccccc12. The molecular formula is C52H50N4O8. The van der Waals surface area contributed by atoms with E-state index in [2.05, 4.69) is 20.6 Å². The van der Waals surface area contributed by atoms with Crippen molar-refractivity contribution in [3.05, 3.63) is 145 Å². The van der Waals surface area contributed by atoms with Gasteiger partial charge in [-0.25, -0.2) is 19.2 Å². The van der Waals surface area contributed by atoms with Gasteiger partial charge in [-0.15, -0.1) is 0 Å². The highest BCUT2D eigenvalue weighted by atomic mass is 16.6. The summed E-state index contributed by atoms with van der Waals surface area (Å²) in [6, 6.07) is 35.3. The first-order valence-electron chi connectivity index (χ1n) is 21.2. The van der Waals surface area contributed by atoms with Crippen LogP contribution in [0.3, 0.4) is 0 Å². The molecule has 0 aliphatic carbocycles. The lowest BCUT2D eigenvalue weighted by atomic mass is 9.92. The maximum Gasteiger partial charge on any atom is 0.408 e. The number of hydrogen-bond donors (Lipinski definition) is 4. The van der Waals surface area contributed by atoms with Crippen LogP contribution in [0, 0.1) is 0 Å². The molecule has 0 aliphatic rings. The Bertz CT molecular complexity index is 2840. The molecule has 12 heteroatoms. The Morgan fingerprint density at radius 2 is 0.844 bits per heavy atom. The number of benzene rings is 6. The molecule has 2 heterocycles. The van der Waals surface area contributed by atoms with Crippen LogP contribution < -0.4 is 20.1 Å². The highest BCUT2D eigenvalue weighted by molar-refractivity contribution is 6.11. The fourth-order valence-corrected chi connectivity index (χ4v) is 7.87. The van der Waals surface area contributed by atoms with Crippen LogP contribution in [0.15, 0.2) is 134 Å². The average Bonchev–Trinajstić information content (AvgIpc) is 3.85. The van der Waals surface area contributed by atoms with Gasteiger partial charge in [0.05, 0.1) is 0 Å². The van der Waals surface area contributed by atoms with Gasteiger partial charge in [-0.2, -0.15) is 0 Å². The topological polar surface area (TPSA) is 161 Å². The minimum absolute atomic E-state index is 0.0879. The van der Waals surface area contributed by atoms with Gasteiger partial charge >= 0.3 is 24.1 Å². The fourth-order valence-electron chi connectivity index (χ4n) is 7.87. The normalized spacial score (nSPS) is 12.8. The van der Waals surface area contributed by atoms with Crippen LogP contribution >= 0.6 is 0 Å². The second-order valence-electron chi connectivity index (χ2n) is 17.7. The molecule has 326 valence electrons. The van der Waals surface area contributed by atoms with E-state index in [1.807, 2.05) is 122 Å². The number of carbonyl (C=O) groups is 4. The molecular weight excluding hydrogens is 809 g/mol. The molecule has 0 fully saturated rings. The van der Waals surface area contributed by atoms with E-state index < -0.39 is 47.4 Å². The fraction of sp³-hybridized carbons (Fsp3) is 0.231. The van der Waals surface area contributed by atoms with Crippen molar-refractivity contribution < 1.29 is 38.1 Å². The number of amides is 2. The van der Waals surface area contributed by atoms with Crippen molar-refractivity contribution in [1.82, 2.24) is 20.6 Å². The monoisotopic (exact) mass is 858 g/mol. The Balaban J connectivity index is 1.21. The van der Waals surface area contributed by atoms with E-state index in [9.17, 15) is 19.2 Å². The number of ether oxygens (including phenoxy) is 4. The van der Waals surface area contributed by atoms with Crippen LogP contribution in [-0.2, 0) is 31.9 Å². The zero-order valence-electron chi connectivity index (χ0n) is 36.5. The first-order chi connectivity index (χ1) is 30.6. The summed E-state index contributed by atoms with van der Waals surface area (Å²) in [6.07, 6.45) is 2.24. The number of hydrogen-bond acceptors (Lipinski definition) is 8. The number of H-pyrrole nitrogens is 2. The van der Waals surface area contributed by atoms with Crippen LogP contribution in [0.1, 0.15) is 52.7 Å². The second kappa shape index (κ2) is 17.6. The third-order valence-corrected chi connectivity index (χ3v) is 10.6. The van der Waals surface area contributed by atoms with Crippen molar-refractivity contribution in [3.63, 3.8) is 0 Å². The van der Waals surface area contributed by atoms with Gasteiger partial charge in [-0.1, -0.05) is 97.1 Å². The van der Waals surface area contributed by atoms with Crippen molar-refractivity contribution in [1.29, 1.82) is 0 Å². The summed E-state index contributed by atoms with van der Waals surface area (Å²) < 4.78 is 24.0. The zero-order valence-corrected chi connectivity index (χ0v) is 36.5. The van der Waals surface area contributed by atoms with E-state index in [0.717, 1.165) is 43.7 Å². The third kappa shape index (κ3) is 9.71. The standard InChI is InChI=1S/C52H50N4O8/c1-51(2,3)63-49(59)55-41(27-33-29-53-39-21-13-11-17-35(33)39)47(57)61-43-25-23-31-15-7-9-19-37(31)45(43)46-38-20-10-8-16-32(38)24-26-44(46)62-48(58)42(56-50(60)64-52(4,5)6)28-34-30-54-40-22-14-12-18-36(34)40/h7-26,29-30,41-42,53-54H,27-28H2,1-6H3,(H,55,59)(H,56,60)/t41-,42-/m1/s1. The summed E-state index contributed by atoms with van der Waals surface area (Å²) in [7, 11) is 0. The number of esters is 2. The molecule has 0 bridgehead atoms. The van der Waals surface area contributed by atoms with Gasteiger partial charge in [0, 0.05) is 58.2 Å². The van der Waals surface area contributed by atoms with E-state index in [1.165, 1.54) is 0 Å². The number of para-hydroxylation sites is 2. The molecule has 64 heavy (non-hydrogen) atoms. The predicted molar refractivity (Wildman–Crippen MR) is 248 cm³/mol. The number of aromatic nitrogens is 2. The molecule has 2 aromatic heterocycles. The Morgan fingerprint density at radius 1 is 0.484 bits per heavy atom. The summed E-state index contributed by atoms with van der Waals surface area (Å²) in [6.45, 7) is 10.5. The van der Waals surface area contributed by atoms with Crippen LogP contribution in [0.25, 0.3) is 54.5 Å². The van der Waals surface area contributed by atoms with Gasteiger partial charge < -0.3 is 39.5 Å². The van der Waals surface area contributed by atoms with Gasteiger partial charge in [0.25, 0.3) is 0 Å². The van der Waals surface area contributed by atoms with Gasteiger partial charge in [-0.05, 0) is 98.5 Å². The largest absolute Gasteiger partial charge is 0.444 e. The summed E-state index contributed by atoms with van der Waals surface area (Å²) in [4.78, 5) is 62.3. The van der Waals surface area contributed by atoms with Crippen molar-refractivity contribution in [2.75, 3.05) is 0 Å². The molecule has 0 unspecified atom stereocenters. The van der Waals surface area contributed by atoms with Crippen molar-refractivity contribution >= 4 is 67.5 Å². The maximum absolute atomic E-state index is 14.6. The van der Waals surface area contributed by atoms with Gasteiger partial charge in [0.15, 0.2) is 0 Å². The molecule has 8 aromatic rings. The molecule has 12 nitrogen and oxygen atoms in total. The molecule has 2 amide bonds. The molecule has 6 aromatic carbocycles. The lowest BCUT2D eigenvalue weighted by Crippen LogP contribution is -2.46. The van der Waals surface area contributed by atoms with E-state index in [0.29, 0.717) is 21.9 Å². The zero-order chi connectivity index (χ0) is 45.2. The third-order valence-electron chi connectivity index (χ3n) is 10.6. The summed E-state index contributed by atoms with van der Waals surface area (Å²) in [5, 5.41) is 10.4. The van der Waals surface area contributed by atoms with Crippen LogP contribution in [0.4, 0.5) is 9.59 Å². The molecule has 2 atom stereocenters. The smallest absolute Gasteiger partial charge is 0.408 e. The lowest BCUT2D eigenvalue weighted by Gasteiger charge is -2.24. The first kappa shape index (κ1) is 43.1. The molecule has 8 rings (SSSR count). The van der Waals surface area contributed by atoms with Crippen molar-refractivity contribution in [3.8, 4) is 22.6 Å². The molecule has 0 aliphatic heterocycles. The lowest BCUT2D eigenvalue weighted by molar-refractivity contribution is -0.137. The number of nitrogens with one attached hydrogen (secondary N) is 4. The highest BCUT2D eigenvalue weighted by Crippen LogP contribution is 2.46. The van der Waals surface area contributed by atoms with Crippen molar-refractivity contribution in [2.45, 2.75) is 77.7 Å². The minimum atomic E-state index is -1.18. The number of rotatable bonds is 11. The Morgan fingerprint density at radius 3 is 1.23 bits per heavy atom. The summed E-state index contributed by atoms with van der Waals surface area (Å²) in [5.74, 6) is -1.16. The summed E-state index contributed by atoms with van der Waals surface area (Å²) in [5.41, 5.74) is 2.62. The summed E-state index contributed by atoms with van der Waals surface area (Å²) >= 11 is 0. The number of carbonyl (C=O) groups excluding carboxylic acids is 4. The van der Waals surface area contributed by atoms with Gasteiger partial charge in [0.2, 0.25) is 0 Å². The number of fused-ring (bicyclic) bond motifs is 4. The van der Waals surface area contributed by atoms with Crippen molar-refractivity contribution in [2.24, 2.45) is 0 Å². The highest BCUT2D eigenvalue weighted by Gasteiger charge is 2.32. The maximum atomic E-state index is 14.6. The van der Waals surface area contributed by atoms with Crippen LogP contribution in [-0.4, -0.2) is 57.4 Å². The molecule has 4 N–H and O–H groups in total. The Kier molecular flexibility index (Phi) is 11.9. The number of aromatic amines is 2. The number of alkyl carbamates (subject to hydrolysis) is 2. The molecule has 0 spiro atoms. The average molecular weight is 859 g/mol. The van der Waals surface area contributed by atoms with Crippen LogP contribution in [0.5, 0.6) is 11.5 Å². The van der Waals surface area contributed by atoms with E-state index in [-0.39, 0.29) is 24.3 Å². The van der Waals surface area contributed by atoms with E-state index >= 15 is 0 Å². The predicted octanol–water partition coefficient (Wildman–Crippen LogP) is 10.7. The first-order valence-corrected chi connectivity index (χ1v) is 21.2. The molecule has 0 saturated heterocycles. The quantitative estimate of drug-likeness (QED) is 0.0738. The minimum Gasteiger partial charge on any atom is -0.444 e. The van der Waals surface area contributed by atoms with E-state index in [1.54, 1.807) is 53.7 Å². The van der Waals surface area contributed by atoms with Gasteiger partial charge in [-0.3, -0.25) is 0 Å². The van der Waals surface area contributed by atoms with Gasteiger partial charge in [0.1, 0.15) is 34.8 Å². The molecule has 0 saturated carbocycles. The second-order valence-corrected chi connectivity index (χ2v) is 17.7. The van der Waals surface area contributed by atoms with Crippen LogP contribution in [0.2, 0.25) is 0 Å².